The topological polar surface area (TPSA) is 60.7 Å². The van der Waals surface area contributed by atoms with Crippen LogP contribution in [0.25, 0.3) is 0 Å². The van der Waals surface area contributed by atoms with Crippen molar-refractivity contribution in [1.82, 2.24) is 0 Å². The molecular weight excluding hydrogens is 508 g/mol. The molecule has 152 valence electrons. The van der Waals surface area contributed by atoms with Crippen LogP contribution in [0.1, 0.15) is 0 Å². The molecule has 3 rings (SSSR count). The molecule has 3 aromatic carbocycles. The Bertz CT molecular complexity index is 730. The molecule has 0 aliphatic rings. The minimum atomic E-state index is 0. The smallest absolute Gasteiger partial charge is 0.135 e. The number of rotatable bonds is 0. The van der Waals surface area contributed by atoms with Crippen LogP contribution in [0.4, 0.5) is 0 Å². The van der Waals surface area contributed by atoms with E-state index in [9.17, 15) is 0 Å². The maximum absolute atomic E-state index is 8.88. The zero-order valence-electron chi connectivity index (χ0n) is 14.0. The summed E-state index contributed by atoms with van der Waals surface area (Å²) in [4.78, 5) is 0. The van der Waals surface area contributed by atoms with Gasteiger partial charge in [0.25, 0.3) is 0 Å². The van der Waals surface area contributed by atoms with Crippen molar-refractivity contribution in [2.75, 3.05) is 0 Å². The van der Waals surface area contributed by atoms with Crippen molar-refractivity contribution in [2.45, 2.75) is 0 Å². The summed E-state index contributed by atoms with van der Waals surface area (Å²) in [7, 11) is 0. The van der Waals surface area contributed by atoms with E-state index in [2.05, 4.69) is 0 Å². The molecule has 0 radical (unpaired) electrons. The number of halogens is 6. The average Bonchev–Trinajstić information content (AvgIpc) is 2.63. The van der Waals surface area contributed by atoms with E-state index in [1.165, 1.54) is 18.2 Å². The van der Waals surface area contributed by atoms with Crippen molar-refractivity contribution < 1.29 is 15.3 Å². The summed E-state index contributed by atoms with van der Waals surface area (Å²) < 4.78 is 0. The van der Waals surface area contributed by atoms with Gasteiger partial charge in [-0.1, -0.05) is 87.8 Å². The van der Waals surface area contributed by atoms with Gasteiger partial charge in [-0.25, -0.2) is 0 Å². The molecule has 0 aliphatic carbocycles. The van der Waals surface area contributed by atoms with Gasteiger partial charge >= 0.3 is 0 Å². The van der Waals surface area contributed by atoms with Crippen LogP contribution < -0.4 is 0 Å². The molecule has 0 spiro atoms. The number of aromatic hydroxyl groups is 3. The van der Waals surface area contributed by atoms with Crippen LogP contribution in [0.2, 0.25) is 30.1 Å². The van der Waals surface area contributed by atoms with E-state index in [0.29, 0.717) is 15.1 Å². The third-order valence-corrected chi connectivity index (χ3v) is 5.22. The summed E-state index contributed by atoms with van der Waals surface area (Å²) in [5, 5.41) is 28.4. The number of phenolic OH excluding ortho intramolecular Hbond substituents is 3. The van der Waals surface area contributed by atoms with Crippen LogP contribution in [0.3, 0.4) is 0 Å². The van der Waals surface area contributed by atoms with Crippen LogP contribution in [-0.4, -0.2) is 15.3 Å². The minimum absolute atomic E-state index is 0. The average molecular weight is 523 g/mol. The van der Waals surface area contributed by atoms with Gasteiger partial charge in [0.2, 0.25) is 0 Å². The number of hydrogen-bond acceptors (Lipinski definition) is 3. The summed E-state index contributed by atoms with van der Waals surface area (Å²) >= 11 is 33.1. The van der Waals surface area contributed by atoms with E-state index in [-0.39, 0.29) is 42.2 Å². The van der Waals surface area contributed by atoms with Gasteiger partial charge in [-0.05, 0) is 36.4 Å². The number of benzene rings is 3. The van der Waals surface area contributed by atoms with Gasteiger partial charge in [0.1, 0.15) is 32.3 Å². The molecule has 0 fully saturated rings. The van der Waals surface area contributed by atoms with Crippen molar-refractivity contribution in [3.63, 3.8) is 0 Å². The van der Waals surface area contributed by atoms with Crippen LogP contribution >= 0.6 is 79.5 Å². The molecule has 3 nitrogen and oxygen atoms in total. The molecule has 1 unspecified atom stereocenters. The molecule has 3 aromatic rings. The van der Waals surface area contributed by atoms with E-state index >= 15 is 0 Å². The molecule has 28 heavy (non-hydrogen) atoms. The second-order valence-electron chi connectivity index (χ2n) is 4.72. The molecule has 0 amide bonds. The van der Waals surface area contributed by atoms with Gasteiger partial charge in [0.05, 0.1) is 15.1 Å². The summed E-state index contributed by atoms with van der Waals surface area (Å²) in [6.45, 7) is 0. The SMILES string of the molecule is Oc1cccc(Cl)c1Cl.Oc1cccc(Cl)c1Cl.Oc1cccc(Cl)c1Cl.P. The van der Waals surface area contributed by atoms with E-state index in [0.717, 1.165) is 0 Å². The fourth-order valence-electron chi connectivity index (χ4n) is 1.48. The van der Waals surface area contributed by atoms with E-state index in [4.69, 9.17) is 84.9 Å². The van der Waals surface area contributed by atoms with Crippen molar-refractivity contribution in [2.24, 2.45) is 0 Å². The fourth-order valence-corrected chi connectivity index (χ4v) is 2.36. The number of phenols is 3. The first-order chi connectivity index (χ1) is 12.6. The summed E-state index contributed by atoms with van der Waals surface area (Å²) in [6.07, 6.45) is 0. The van der Waals surface area contributed by atoms with Gasteiger partial charge < -0.3 is 15.3 Å². The first-order valence-electron chi connectivity index (χ1n) is 7.04. The Hall–Kier alpha value is -0.770. The number of hydrogen-bond donors (Lipinski definition) is 3. The Kier molecular flexibility index (Phi) is 13.1. The zero-order chi connectivity index (χ0) is 20.6. The van der Waals surface area contributed by atoms with E-state index in [1.807, 2.05) is 0 Å². The quantitative estimate of drug-likeness (QED) is 0.261. The summed E-state index contributed by atoms with van der Waals surface area (Å²) in [5.74, 6) is 0.0532. The maximum Gasteiger partial charge on any atom is 0.135 e. The highest BCUT2D eigenvalue weighted by Gasteiger charge is 2.00. The molecule has 0 aromatic heterocycles. The molecule has 0 saturated carbocycles. The maximum atomic E-state index is 8.88. The molecular formula is C18H15Cl6O3P. The molecule has 0 heterocycles. The van der Waals surface area contributed by atoms with Gasteiger partial charge in [-0.2, -0.15) is 9.90 Å². The summed E-state index contributed by atoms with van der Waals surface area (Å²) in [5.41, 5.74) is 0. The first-order valence-corrected chi connectivity index (χ1v) is 9.30. The second-order valence-corrected chi connectivity index (χ2v) is 7.07. The zero-order valence-corrected chi connectivity index (χ0v) is 20.0. The first kappa shape index (κ1) is 27.2. The lowest BCUT2D eigenvalue weighted by molar-refractivity contribution is 0.475. The second kappa shape index (κ2) is 13.5. The molecule has 10 heteroatoms. The highest BCUT2D eigenvalue weighted by molar-refractivity contribution is 6.92. The standard InChI is InChI=1S/3C6H4Cl2O.H3P/c3*7-4-2-1-3-5(9)6(4)8;/h3*1-3,9H;1H3. The molecule has 1 atom stereocenters. The Labute approximate surface area is 196 Å². The Balaban J connectivity index is 0.000000384. The molecule has 0 bridgehead atoms. The Morgan fingerprint density at radius 3 is 0.786 bits per heavy atom. The lowest BCUT2D eigenvalue weighted by Crippen LogP contribution is -1.67. The highest BCUT2D eigenvalue weighted by atomic mass is 35.5. The Morgan fingerprint density at radius 2 is 0.643 bits per heavy atom. The van der Waals surface area contributed by atoms with E-state index in [1.54, 1.807) is 36.4 Å². The molecule has 0 saturated heterocycles. The predicted octanol–water partition coefficient (Wildman–Crippen LogP) is 8.16. The van der Waals surface area contributed by atoms with Gasteiger partial charge in [-0.15, -0.1) is 0 Å². The normalized spacial score (nSPS) is 9.21. The molecule has 3 N–H and O–H groups in total. The van der Waals surface area contributed by atoms with Crippen LogP contribution in [0.5, 0.6) is 17.2 Å². The van der Waals surface area contributed by atoms with Gasteiger partial charge in [-0.3, -0.25) is 0 Å². The van der Waals surface area contributed by atoms with E-state index < -0.39 is 0 Å². The molecule has 0 aliphatic heterocycles. The lowest BCUT2D eigenvalue weighted by Gasteiger charge is -1.95. The van der Waals surface area contributed by atoms with Crippen LogP contribution in [0.15, 0.2) is 54.6 Å². The lowest BCUT2D eigenvalue weighted by atomic mass is 10.3. The van der Waals surface area contributed by atoms with Crippen molar-refractivity contribution in [3.05, 3.63) is 84.7 Å². The third kappa shape index (κ3) is 8.71. The van der Waals surface area contributed by atoms with Crippen molar-refractivity contribution in [3.8, 4) is 17.2 Å². The van der Waals surface area contributed by atoms with Gasteiger partial charge in [0, 0.05) is 0 Å². The largest absolute Gasteiger partial charge is 0.506 e. The monoisotopic (exact) mass is 520 g/mol. The fraction of sp³-hybridized carbons (Fsp3) is 0. The highest BCUT2D eigenvalue weighted by Crippen LogP contribution is 2.31. The Morgan fingerprint density at radius 1 is 0.429 bits per heavy atom. The van der Waals surface area contributed by atoms with Crippen molar-refractivity contribution >= 4 is 79.5 Å². The minimum Gasteiger partial charge on any atom is -0.506 e. The third-order valence-electron chi connectivity index (χ3n) is 2.79. The van der Waals surface area contributed by atoms with Gasteiger partial charge in [0.15, 0.2) is 0 Å². The van der Waals surface area contributed by atoms with Crippen LogP contribution in [0, 0.1) is 0 Å². The van der Waals surface area contributed by atoms with Crippen LogP contribution in [-0.2, 0) is 0 Å². The summed E-state index contributed by atoms with van der Waals surface area (Å²) in [6, 6.07) is 14.2. The van der Waals surface area contributed by atoms with Crippen molar-refractivity contribution in [1.29, 1.82) is 0 Å². The predicted molar refractivity (Wildman–Crippen MR) is 125 cm³/mol.